The maximum absolute atomic E-state index is 2.57. The van der Waals surface area contributed by atoms with Gasteiger partial charge in [-0.2, -0.15) is 0 Å². The average Bonchev–Trinajstić information content (AvgIpc) is 2.24. The Kier molecular flexibility index (Phi) is 2.91. The van der Waals surface area contributed by atoms with Gasteiger partial charge in [0, 0.05) is 0 Å². The van der Waals surface area contributed by atoms with E-state index in [-0.39, 0.29) is 0 Å². The molecule has 0 aliphatic heterocycles. The maximum atomic E-state index is 2.57. The van der Waals surface area contributed by atoms with Gasteiger partial charge in [-0.25, -0.2) is 0 Å². The first kappa shape index (κ1) is 10.5. The summed E-state index contributed by atoms with van der Waals surface area (Å²) in [5.74, 6) is 3.11. The molecular formula is C14H26. The van der Waals surface area contributed by atoms with Crippen molar-refractivity contribution in [2.75, 3.05) is 0 Å². The third kappa shape index (κ3) is 1.51. The molecule has 2 aliphatic rings. The first-order valence-corrected chi connectivity index (χ1v) is 6.68. The molecule has 0 saturated heterocycles. The van der Waals surface area contributed by atoms with E-state index < -0.39 is 0 Å². The van der Waals surface area contributed by atoms with Crippen LogP contribution >= 0.6 is 0 Å². The van der Waals surface area contributed by atoms with E-state index in [2.05, 4.69) is 20.8 Å². The van der Waals surface area contributed by atoms with Gasteiger partial charge in [0.05, 0.1) is 0 Å². The van der Waals surface area contributed by atoms with E-state index in [4.69, 9.17) is 0 Å². The fourth-order valence-electron chi connectivity index (χ4n) is 4.19. The molecular weight excluding hydrogens is 168 g/mol. The van der Waals surface area contributed by atoms with Crippen LogP contribution in [0.15, 0.2) is 0 Å². The summed E-state index contributed by atoms with van der Waals surface area (Å²) < 4.78 is 0. The van der Waals surface area contributed by atoms with Crippen molar-refractivity contribution in [1.82, 2.24) is 0 Å². The molecule has 0 bridgehead atoms. The first-order valence-electron chi connectivity index (χ1n) is 6.68. The molecule has 82 valence electrons. The van der Waals surface area contributed by atoms with E-state index in [9.17, 15) is 0 Å². The summed E-state index contributed by atoms with van der Waals surface area (Å²) in [7, 11) is 0. The summed E-state index contributed by atoms with van der Waals surface area (Å²) in [5, 5.41) is 0. The van der Waals surface area contributed by atoms with Gasteiger partial charge >= 0.3 is 0 Å². The third-order valence-corrected chi connectivity index (χ3v) is 5.61. The SMILES string of the molecule is CCC1(C)C(C)CCC2CCCCC21. The molecule has 0 heteroatoms. The van der Waals surface area contributed by atoms with Crippen LogP contribution in [0, 0.1) is 23.2 Å². The zero-order chi connectivity index (χ0) is 10.2. The molecule has 4 unspecified atom stereocenters. The second-order valence-corrected chi connectivity index (χ2v) is 5.99. The Morgan fingerprint density at radius 1 is 1.07 bits per heavy atom. The summed E-state index contributed by atoms with van der Waals surface area (Å²) in [6.45, 7) is 7.47. The highest BCUT2D eigenvalue weighted by Gasteiger charge is 2.45. The highest BCUT2D eigenvalue weighted by molar-refractivity contribution is 4.95. The van der Waals surface area contributed by atoms with E-state index >= 15 is 0 Å². The Balaban J connectivity index is 2.17. The maximum Gasteiger partial charge on any atom is -0.0272 e. The second-order valence-electron chi connectivity index (χ2n) is 5.99. The average molecular weight is 194 g/mol. The number of hydrogen-bond donors (Lipinski definition) is 0. The van der Waals surface area contributed by atoms with Crippen LogP contribution < -0.4 is 0 Å². The molecule has 14 heavy (non-hydrogen) atoms. The summed E-state index contributed by atoms with van der Waals surface area (Å²) in [6.07, 6.45) is 10.5. The smallest absolute Gasteiger partial charge is 0.0272 e. The molecule has 0 heterocycles. The lowest BCUT2D eigenvalue weighted by Gasteiger charge is -2.52. The van der Waals surface area contributed by atoms with Gasteiger partial charge in [0.25, 0.3) is 0 Å². The fourth-order valence-corrected chi connectivity index (χ4v) is 4.19. The number of fused-ring (bicyclic) bond motifs is 1. The lowest BCUT2D eigenvalue weighted by atomic mass is 9.53. The van der Waals surface area contributed by atoms with Crippen molar-refractivity contribution in [2.45, 2.75) is 65.7 Å². The van der Waals surface area contributed by atoms with Gasteiger partial charge in [-0.1, -0.05) is 46.5 Å². The fraction of sp³-hybridized carbons (Fsp3) is 1.00. The zero-order valence-electron chi connectivity index (χ0n) is 10.2. The highest BCUT2D eigenvalue weighted by Crippen LogP contribution is 2.54. The molecule has 0 nitrogen and oxygen atoms in total. The largest absolute Gasteiger partial charge is 0.0648 e. The van der Waals surface area contributed by atoms with Crippen LogP contribution in [0.3, 0.4) is 0 Å². The van der Waals surface area contributed by atoms with Gasteiger partial charge in [-0.3, -0.25) is 0 Å². The molecule has 2 saturated carbocycles. The summed E-state index contributed by atoms with van der Waals surface area (Å²) >= 11 is 0. The van der Waals surface area contributed by atoms with E-state index in [0.717, 1.165) is 17.8 Å². The predicted molar refractivity (Wildman–Crippen MR) is 62.2 cm³/mol. The quantitative estimate of drug-likeness (QED) is 0.570. The van der Waals surface area contributed by atoms with Crippen LogP contribution in [0.2, 0.25) is 0 Å². The van der Waals surface area contributed by atoms with Crippen LogP contribution in [0.25, 0.3) is 0 Å². The van der Waals surface area contributed by atoms with E-state index in [1.165, 1.54) is 44.9 Å². The Morgan fingerprint density at radius 2 is 1.79 bits per heavy atom. The van der Waals surface area contributed by atoms with Crippen LogP contribution in [0.1, 0.15) is 65.7 Å². The van der Waals surface area contributed by atoms with Crippen molar-refractivity contribution in [1.29, 1.82) is 0 Å². The van der Waals surface area contributed by atoms with Gasteiger partial charge in [0.1, 0.15) is 0 Å². The van der Waals surface area contributed by atoms with Crippen molar-refractivity contribution >= 4 is 0 Å². The van der Waals surface area contributed by atoms with Crippen molar-refractivity contribution < 1.29 is 0 Å². The minimum Gasteiger partial charge on any atom is -0.0648 e. The highest BCUT2D eigenvalue weighted by atomic mass is 14.5. The normalized spacial score (nSPS) is 48.6. The second kappa shape index (κ2) is 3.87. The summed E-state index contributed by atoms with van der Waals surface area (Å²) in [6, 6.07) is 0. The van der Waals surface area contributed by atoms with Crippen molar-refractivity contribution in [2.24, 2.45) is 23.2 Å². The molecule has 2 fully saturated rings. The Labute approximate surface area is 89.5 Å². The Hall–Kier alpha value is 0. The monoisotopic (exact) mass is 194 g/mol. The predicted octanol–water partition coefficient (Wildman–Crippen LogP) is 4.64. The minimum atomic E-state index is 0.670. The molecule has 2 rings (SSSR count). The molecule has 0 aromatic carbocycles. The van der Waals surface area contributed by atoms with Gasteiger partial charge in [0.15, 0.2) is 0 Å². The molecule has 0 amide bonds. The van der Waals surface area contributed by atoms with Crippen molar-refractivity contribution in [3.63, 3.8) is 0 Å². The molecule has 2 aliphatic carbocycles. The lowest BCUT2D eigenvalue weighted by molar-refractivity contribution is -0.0223. The van der Waals surface area contributed by atoms with Crippen LogP contribution in [0.5, 0.6) is 0 Å². The minimum absolute atomic E-state index is 0.670. The summed E-state index contributed by atoms with van der Waals surface area (Å²) in [4.78, 5) is 0. The molecule has 0 spiro atoms. The van der Waals surface area contributed by atoms with Crippen molar-refractivity contribution in [3.8, 4) is 0 Å². The molecule has 4 atom stereocenters. The number of rotatable bonds is 1. The standard InChI is InChI=1S/C14H26/c1-4-14(3)11(2)9-10-12-7-5-6-8-13(12)14/h11-13H,4-10H2,1-3H3. The van der Waals surface area contributed by atoms with Crippen LogP contribution in [0.4, 0.5) is 0 Å². The van der Waals surface area contributed by atoms with E-state index in [0.29, 0.717) is 5.41 Å². The number of hydrogen-bond acceptors (Lipinski definition) is 0. The zero-order valence-corrected chi connectivity index (χ0v) is 10.2. The molecule has 0 aromatic heterocycles. The van der Waals surface area contributed by atoms with E-state index in [1.54, 1.807) is 0 Å². The topological polar surface area (TPSA) is 0 Å². The lowest BCUT2D eigenvalue weighted by Crippen LogP contribution is -2.43. The van der Waals surface area contributed by atoms with Crippen molar-refractivity contribution in [3.05, 3.63) is 0 Å². The van der Waals surface area contributed by atoms with E-state index in [1.807, 2.05) is 0 Å². The Bertz CT molecular complexity index is 196. The summed E-state index contributed by atoms with van der Waals surface area (Å²) in [5.41, 5.74) is 0.670. The van der Waals surface area contributed by atoms with Crippen LogP contribution in [-0.4, -0.2) is 0 Å². The first-order chi connectivity index (χ1) is 6.68. The molecule has 0 radical (unpaired) electrons. The molecule has 0 N–H and O–H groups in total. The van der Waals surface area contributed by atoms with Gasteiger partial charge in [-0.05, 0) is 42.4 Å². The third-order valence-electron chi connectivity index (χ3n) is 5.61. The Morgan fingerprint density at radius 3 is 2.50 bits per heavy atom. The van der Waals surface area contributed by atoms with Gasteiger partial charge < -0.3 is 0 Å². The van der Waals surface area contributed by atoms with Gasteiger partial charge in [-0.15, -0.1) is 0 Å². The van der Waals surface area contributed by atoms with Crippen LogP contribution in [-0.2, 0) is 0 Å². The molecule has 0 aromatic rings. The van der Waals surface area contributed by atoms with Gasteiger partial charge in [0.2, 0.25) is 0 Å².